The first-order valence-electron chi connectivity index (χ1n) is 5.90. The maximum absolute atomic E-state index is 11.3. The molecule has 0 aromatic carbocycles. The van der Waals surface area contributed by atoms with E-state index in [2.05, 4.69) is 9.97 Å². The second-order valence-electron chi connectivity index (χ2n) is 4.41. The van der Waals surface area contributed by atoms with E-state index in [1.807, 2.05) is 12.1 Å². The van der Waals surface area contributed by atoms with Crippen molar-refractivity contribution in [3.63, 3.8) is 0 Å². The molecule has 0 amide bonds. The van der Waals surface area contributed by atoms with Gasteiger partial charge in [-0.2, -0.15) is 0 Å². The summed E-state index contributed by atoms with van der Waals surface area (Å²) in [6.45, 7) is 0. The minimum absolute atomic E-state index is 0.331. The molecule has 0 unspecified atom stereocenters. The van der Waals surface area contributed by atoms with E-state index in [-0.39, 0.29) is 0 Å². The summed E-state index contributed by atoms with van der Waals surface area (Å²) in [6.07, 6.45) is 6.69. The van der Waals surface area contributed by atoms with Crippen LogP contribution in [0.3, 0.4) is 0 Å². The zero-order valence-corrected chi connectivity index (χ0v) is 10.5. The molecular weight excluding hydrogens is 248 g/mol. The third-order valence-corrected chi connectivity index (χ3v) is 4.36. The molecule has 92 valence electrons. The molecule has 0 spiro atoms. The fourth-order valence-corrected chi connectivity index (χ4v) is 3.04. The Hall–Kier alpha value is -1.75. The standard InChI is InChI=1S/C13H12N2O2S/c16-13(17)11-10(8-3-1-4-8)15-12(18-11)9-5-2-6-14-7-9/h2,5-8H,1,3-4H2,(H,16,17). The molecular formula is C13H12N2O2S. The third kappa shape index (κ3) is 1.90. The molecule has 2 aromatic rings. The summed E-state index contributed by atoms with van der Waals surface area (Å²) in [6, 6.07) is 3.74. The zero-order valence-electron chi connectivity index (χ0n) is 9.67. The van der Waals surface area contributed by atoms with Gasteiger partial charge in [0.05, 0.1) is 5.69 Å². The molecule has 2 aromatic heterocycles. The maximum Gasteiger partial charge on any atom is 0.347 e. The highest BCUT2D eigenvalue weighted by molar-refractivity contribution is 7.17. The summed E-state index contributed by atoms with van der Waals surface area (Å²) in [5, 5.41) is 10.0. The largest absolute Gasteiger partial charge is 0.477 e. The molecule has 3 rings (SSSR count). The predicted octanol–water partition coefficient (Wildman–Crippen LogP) is 3.17. The molecule has 1 aliphatic rings. The van der Waals surface area contributed by atoms with Crippen LogP contribution in [-0.2, 0) is 0 Å². The number of aromatic carboxylic acids is 1. The predicted molar refractivity (Wildman–Crippen MR) is 68.9 cm³/mol. The summed E-state index contributed by atoms with van der Waals surface area (Å²) >= 11 is 1.25. The van der Waals surface area contributed by atoms with Gasteiger partial charge >= 0.3 is 5.97 Å². The fraction of sp³-hybridized carbons (Fsp3) is 0.308. The van der Waals surface area contributed by atoms with E-state index in [4.69, 9.17) is 0 Å². The van der Waals surface area contributed by atoms with Gasteiger partial charge in [0.2, 0.25) is 0 Å². The quantitative estimate of drug-likeness (QED) is 0.920. The van der Waals surface area contributed by atoms with Crippen LogP contribution in [0, 0.1) is 0 Å². The van der Waals surface area contributed by atoms with Crippen molar-refractivity contribution >= 4 is 17.3 Å². The van der Waals surface area contributed by atoms with Gasteiger partial charge in [0, 0.05) is 23.9 Å². The summed E-state index contributed by atoms with van der Waals surface area (Å²) in [7, 11) is 0. The molecule has 0 atom stereocenters. The topological polar surface area (TPSA) is 63.1 Å². The van der Waals surface area contributed by atoms with Gasteiger partial charge < -0.3 is 5.11 Å². The normalized spacial score (nSPS) is 15.3. The van der Waals surface area contributed by atoms with Gasteiger partial charge in [-0.15, -0.1) is 11.3 Å². The molecule has 5 heteroatoms. The minimum atomic E-state index is -0.871. The number of carboxylic acid groups (broad SMARTS) is 1. The third-order valence-electron chi connectivity index (χ3n) is 3.25. The van der Waals surface area contributed by atoms with E-state index < -0.39 is 5.97 Å². The number of nitrogens with zero attached hydrogens (tertiary/aromatic N) is 2. The highest BCUT2D eigenvalue weighted by Crippen LogP contribution is 2.41. The molecule has 1 aliphatic carbocycles. The fourth-order valence-electron chi connectivity index (χ4n) is 2.06. The number of aromatic nitrogens is 2. The Kier molecular flexibility index (Phi) is 2.83. The van der Waals surface area contributed by atoms with Gasteiger partial charge in [-0.25, -0.2) is 9.78 Å². The van der Waals surface area contributed by atoms with Crippen molar-refractivity contribution in [3.8, 4) is 10.6 Å². The van der Waals surface area contributed by atoms with Crippen molar-refractivity contribution < 1.29 is 9.90 Å². The number of hydrogen-bond donors (Lipinski definition) is 1. The van der Waals surface area contributed by atoms with Crippen molar-refractivity contribution in [2.45, 2.75) is 25.2 Å². The molecule has 2 heterocycles. The Morgan fingerprint density at radius 2 is 2.28 bits per heavy atom. The highest BCUT2D eigenvalue weighted by atomic mass is 32.1. The van der Waals surface area contributed by atoms with Crippen molar-refractivity contribution in [1.82, 2.24) is 9.97 Å². The van der Waals surface area contributed by atoms with Crippen LogP contribution in [0.5, 0.6) is 0 Å². The minimum Gasteiger partial charge on any atom is -0.477 e. The smallest absolute Gasteiger partial charge is 0.347 e. The van der Waals surface area contributed by atoms with Crippen molar-refractivity contribution in [3.05, 3.63) is 35.1 Å². The number of rotatable bonds is 3. The highest BCUT2D eigenvalue weighted by Gasteiger charge is 2.28. The van der Waals surface area contributed by atoms with Crippen LogP contribution >= 0.6 is 11.3 Å². The first kappa shape index (κ1) is 11.3. The van der Waals surface area contributed by atoms with Gasteiger partial charge in [0.25, 0.3) is 0 Å². The van der Waals surface area contributed by atoms with Crippen LogP contribution in [0.1, 0.15) is 40.5 Å². The molecule has 0 aliphatic heterocycles. The van der Waals surface area contributed by atoms with Crippen LogP contribution in [0.4, 0.5) is 0 Å². The van der Waals surface area contributed by atoms with Crippen LogP contribution in [-0.4, -0.2) is 21.0 Å². The molecule has 4 nitrogen and oxygen atoms in total. The number of carbonyl (C=O) groups is 1. The lowest BCUT2D eigenvalue weighted by Gasteiger charge is -2.23. The van der Waals surface area contributed by atoms with Crippen LogP contribution < -0.4 is 0 Å². The molecule has 1 saturated carbocycles. The van der Waals surface area contributed by atoms with Crippen molar-refractivity contribution in [2.75, 3.05) is 0 Å². The van der Waals surface area contributed by atoms with Gasteiger partial charge in [-0.3, -0.25) is 4.98 Å². The Labute approximate surface area is 108 Å². The molecule has 1 N–H and O–H groups in total. The van der Waals surface area contributed by atoms with E-state index in [0.29, 0.717) is 10.8 Å². The second kappa shape index (κ2) is 4.49. The van der Waals surface area contributed by atoms with Crippen molar-refractivity contribution in [1.29, 1.82) is 0 Å². The Morgan fingerprint density at radius 3 is 2.83 bits per heavy atom. The summed E-state index contributed by atoms with van der Waals surface area (Å²) in [5.41, 5.74) is 1.65. The van der Waals surface area contributed by atoms with E-state index in [1.165, 1.54) is 17.8 Å². The first-order chi connectivity index (χ1) is 8.75. The monoisotopic (exact) mass is 260 g/mol. The van der Waals surface area contributed by atoms with Crippen LogP contribution in [0.25, 0.3) is 10.6 Å². The lowest BCUT2D eigenvalue weighted by Crippen LogP contribution is -2.12. The van der Waals surface area contributed by atoms with E-state index in [9.17, 15) is 9.90 Å². The van der Waals surface area contributed by atoms with Gasteiger partial charge in [-0.1, -0.05) is 6.42 Å². The Morgan fingerprint density at radius 1 is 1.44 bits per heavy atom. The average molecular weight is 260 g/mol. The van der Waals surface area contributed by atoms with Crippen LogP contribution in [0.2, 0.25) is 0 Å². The maximum atomic E-state index is 11.3. The molecule has 0 saturated heterocycles. The van der Waals surface area contributed by atoms with E-state index >= 15 is 0 Å². The van der Waals surface area contributed by atoms with E-state index in [1.54, 1.807) is 12.4 Å². The van der Waals surface area contributed by atoms with Gasteiger partial charge in [0.15, 0.2) is 0 Å². The Balaban J connectivity index is 2.04. The number of carboxylic acids is 1. The first-order valence-corrected chi connectivity index (χ1v) is 6.72. The van der Waals surface area contributed by atoms with E-state index in [0.717, 1.165) is 29.1 Å². The van der Waals surface area contributed by atoms with Gasteiger partial charge in [-0.05, 0) is 25.0 Å². The van der Waals surface area contributed by atoms with Crippen molar-refractivity contribution in [2.24, 2.45) is 0 Å². The molecule has 1 fully saturated rings. The average Bonchev–Trinajstić information content (AvgIpc) is 2.73. The second-order valence-corrected chi connectivity index (χ2v) is 5.41. The summed E-state index contributed by atoms with van der Waals surface area (Å²) in [4.78, 5) is 20.2. The number of hydrogen-bond acceptors (Lipinski definition) is 4. The molecule has 18 heavy (non-hydrogen) atoms. The summed E-state index contributed by atoms with van der Waals surface area (Å²) < 4.78 is 0. The summed E-state index contributed by atoms with van der Waals surface area (Å²) in [5.74, 6) is -0.540. The van der Waals surface area contributed by atoms with Gasteiger partial charge in [0.1, 0.15) is 9.88 Å². The molecule has 0 bridgehead atoms. The SMILES string of the molecule is O=C(O)c1sc(-c2cccnc2)nc1C1CCC1. The number of pyridine rings is 1. The Bertz CT molecular complexity index is 576. The molecule has 0 radical (unpaired) electrons. The lowest BCUT2D eigenvalue weighted by molar-refractivity contribution is 0.0699. The van der Waals surface area contributed by atoms with Crippen LogP contribution in [0.15, 0.2) is 24.5 Å². The lowest BCUT2D eigenvalue weighted by atomic mass is 9.82. The number of thiazole rings is 1. The zero-order chi connectivity index (χ0) is 12.5.